The maximum absolute atomic E-state index is 13.5. The van der Waals surface area contributed by atoms with Gasteiger partial charge in [-0.1, -0.05) is 11.6 Å². The number of benzene rings is 1. The lowest BCUT2D eigenvalue weighted by Gasteiger charge is -2.09. The molecule has 0 atom stereocenters. The number of amides is 1. The van der Waals surface area contributed by atoms with Crippen molar-refractivity contribution in [3.8, 4) is 0 Å². The van der Waals surface area contributed by atoms with Crippen molar-refractivity contribution in [1.82, 2.24) is 4.57 Å². The number of carbonyl (C=O) groups is 1. The molecule has 0 saturated carbocycles. The molecule has 1 aromatic carbocycles. The minimum Gasteiger partial charge on any atom is -0.319 e. The summed E-state index contributed by atoms with van der Waals surface area (Å²) in [5, 5.41) is 1.94. The van der Waals surface area contributed by atoms with Crippen LogP contribution in [0.5, 0.6) is 0 Å². The van der Waals surface area contributed by atoms with Crippen molar-refractivity contribution in [3.05, 3.63) is 63.0 Å². The molecule has 1 amide bonds. The third-order valence-corrected chi connectivity index (χ3v) is 2.91. The van der Waals surface area contributed by atoms with Gasteiger partial charge in [-0.3, -0.25) is 9.59 Å². The summed E-state index contributed by atoms with van der Waals surface area (Å²) in [7, 11) is 1.53. The molecule has 20 heavy (non-hydrogen) atoms. The van der Waals surface area contributed by atoms with Crippen LogP contribution < -0.4 is 10.9 Å². The molecule has 0 aliphatic carbocycles. The van der Waals surface area contributed by atoms with Crippen molar-refractivity contribution in [2.45, 2.75) is 0 Å². The SMILES string of the molecule is Cn1ccc(C(=O)Nc2c(F)cc(F)cc2Cl)cc1=O. The zero-order valence-electron chi connectivity index (χ0n) is 10.3. The van der Waals surface area contributed by atoms with E-state index in [0.29, 0.717) is 6.07 Å². The Morgan fingerprint density at radius 1 is 1.30 bits per heavy atom. The second kappa shape index (κ2) is 5.42. The molecule has 4 nitrogen and oxygen atoms in total. The van der Waals surface area contributed by atoms with Gasteiger partial charge in [0.05, 0.1) is 10.7 Å². The molecule has 1 aromatic heterocycles. The lowest BCUT2D eigenvalue weighted by atomic mass is 10.2. The number of nitrogens with one attached hydrogen (secondary N) is 1. The quantitative estimate of drug-likeness (QED) is 0.926. The fourth-order valence-corrected chi connectivity index (χ4v) is 1.78. The first-order valence-electron chi connectivity index (χ1n) is 5.51. The van der Waals surface area contributed by atoms with Gasteiger partial charge in [0.15, 0.2) is 5.82 Å². The van der Waals surface area contributed by atoms with Crippen LogP contribution in [-0.2, 0) is 7.05 Å². The van der Waals surface area contributed by atoms with E-state index in [1.165, 1.54) is 23.9 Å². The highest BCUT2D eigenvalue weighted by atomic mass is 35.5. The first-order valence-corrected chi connectivity index (χ1v) is 5.89. The zero-order valence-corrected chi connectivity index (χ0v) is 11.0. The Bertz CT molecular complexity index is 720. The van der Waals surface area contributed by atoms with Crippen LogP contribution >= 0.6 is 11.6 Å². The fraction of sp³-hybridized carbons (Fsp3) is 0.0769. The molecule has 1 heterocycles. The van der Waals surface area contributed by atoms with Crippen molar-refractivity contribution < 1.29 is 13.6 Å². The average Bonchev–Trinajstić information content (AvgIpc) is 2.36. The van der Waals surface area contributed by atoms with Gasteiger partial charge in [0.25, 0.3) is 11.5 Å². The van der Waals surface area contributed by atoms with E-state index < -0.39 is 17.5 Å². The van der Waals surface area contributed by atoms with Gasteiger partial charge in [-0.2, -0.15) is 0 Å². The molecule has 2 rings (SSSR count). The number of halogens is 3. The van der Waals surface area contributed by atoms with Crippen LogP contribution in [0.4, 0.5) is 14.5 Å². The van der Waals surface area contributed by atoms with E-state index in [9.17, 15) is 18.4 Å². The molecule has 0 fully saturated rings. The first kappa shape index (κ1) is 14.2. The number of aryl methyl sites for hydroxylation is 1. The second-order valence-corrected chi connectivity index (χ2v) is 4.47. The highest BCUT2D eigenvalue weighted by Crippen LogP contribution is 2.26. The van der Waals surface area contributed by atoms with Crippen LogP contribution in [0, 0.1) is 11.6 Å². The summed E-state index contributed by atoms with van der Waals surface area (Å²) >= 11 is 5.66. The fourth-order valence-electron chi connectivity index (χ4n) is 1.54. The second-order valence-electron chi connectivity index (χ2n) is 4.06. The molecule has 0 unspecified atom stereocenters. The molecule has 0 saturated heterocycles. The minimum atomic E-state index is -0.993. The molecule has 7 heteroatoms. The van der Waals surface area contributed by atoms with E-state index in [2.05, 4.69) is 5.32 Å². The molecule has 0 aliphatic heterocycles. The van der Waals surface area contributed by atoms with Crippen LogP contribution in [0.3, 0.4) is 0 Å². The Morgan fingerprint density at radius 3 is 2.60 bits per heavy atom. The van der Waals surface area contributed by atoms with Crippen LogP contribution in [0.15, 0.2) is 35.3 Å². The Labute approximate surface area is 117 Å². The number of rotatable bonds is 2. The Hall–Kier alpha value is -2.21. The van der Waals surface area contributed by atoms with E-state index in [0.717, 1.165) is 12.1 Å². The van der Waals surface area contributed by atoms with Crippen molar-refractivity contribution >= 4 is 23.2 Å². The molecule has 0 radical (unpaired) electrons. The number of hydrogen-bond acceptors (Lipinski definition) is 2. The summed E-state index contributed by atoms with van der Waals surface area (Å²) in [5.74, 6) is -2.55. The lowest BCUT2D eigenvalue weighted by Crippen LogP contribution is -2.20. The monoisotopic (exact) mass is 298 g/mol. The molecular formula is C13H9ClF2N2O2. The molecule has 1 N–H and O–H groups in total. The third-order valence-electron chi connectivity index (χ3n) is 2.61. The van der Waals surface area contributed by atoms with Gasteiger partial charge in [-0.05, 0) is 12.1 Å². The number of hydrogen-bond donors (Lipinski definition) is 1. The molecule has 0 spiro atoms. The molecule has 104 valence electrons. The van der Waals surface area contributed by atoms with E-state index in [1.807, 2.05) is 0 Å². The van der Waals surface area contributed by atoms with E-state index in [1.54, 1.807) is 0 Å². The molecule has 2 aromatic rings. The Morgan fingerprint density at radius 2 is 2.00 bits per heavy atom. The summed E-state index contributed by atoms with van der Waals surface area (Å²) in [5.41, 5.74) is -0.671. The van der Waals surface area contributed by atoms with Crippen molar-refractivity contribution in [3.63, 3.8) is 0 Å². The number of carbonyl (C=O) groups excluding carboxylic acids is 1. The lowest BCUT2D eigenvalue weighted by molar-refractivity contribution is 0.102. The zero-order chi connectivity index (χ0) is 14.9. The smallest absolute Gasteiger partial charge is 0.256 e. The van der Waals surface area contributed by atoms with E-state index >= 15 is 0 Å². The number of aromatic nitrogens is 1. The van der Waals surface area contributed by atoms with Gasteiger partial charge in [0, 0.05) is 30.9 Å². The normalized spacial score (nSPS) is 10.4. The summed E-state index contributed by atoms with van der Waals surface area (Å²) in [6.07, 6.45) is 1.40. The molecule has 0 bridgehead atoms. The summed E-state index contributed by atoms with van der Waals surface area (Å²) < 4.78 is 27.7. The van der Waals surface area contributed by atoms with Gasteiger partial charge >= 0.3 is 0 Å². The first-order chi connectivity index (χ1) is 9.38. The Balaban J connectivity index is 2.32. The molecule has 0 aliphatic rings. The topological polar surface area (TPSA) is 51.1 Å². The number of anilines is 1. The largest absolute Gasteiger partial charge is 0.319 e. The predicted molar refractivity (Wildman–Crippen MR) is 71.0 cm³/mol. The molecular weight excluding hydrogens is 290 g/mol. The van der Waals surface area contributed by atoms with Gasteiger partial charge in [-0.25, -0.2) is 8.78 Å². The Kier molecular flexibility index (Phi) is 3.85. The average molecular weight is 299 g/mol. The summed E-state index contributed by atoms with van der Waals surface area (Å²) in [4.78, 5) is 23.3. The number of nitrogens with zero attached hydrogens (tertiary/aromatic N) is 1. The van der Waals surface area contributed by atoms with Gasteiger partial charge in [-0.15, -0.1) is 0 Å². The number of pyridine rings is 1. The standard InChI is InChI=1S/C13H9ClF2N2O2/c1-18-3-2-7(4-11(18)19)13(20)17-12-9(14)5-8(15)6-10(12)16/h2-6H,1H3,(H,17,20). The van der Waals surface area contributed by atoms with Crippen LogP contribution in [0.2, 0.25) is 5.02 Å². The van der Waals surface area contributed by atoms with Crippen molar-refractivity contribution in [2.24, 2.45) is 7.05 Å². The van der Waals surface area contributed by atoms with Gasteiger partial charge < -0.3 is 9.88 Å². The summed E-state index contributed by atoms with van der Waals surface area (Å²) in [6.45, 7) is 0. The van der Waals surface area contributed by atoms with Crippen LogP contribution in [0.1, 0.15) is 10.4 Å². The third kappa shape index (κ3) is 2.85. The highest BCUT2D eigenvalue weighted by molar-refractivity contribution is 6.34. The maximum atomic E-state index is 13.5. The van der Waals surface area contributed by atoms with Gasteiger partial charge in [0.2, 0.25) is 0 Å². The minimum absolute atomic E-state index is 0.0490. The van der Waals surface area contributed by atoms with Crippen molar-refractivity contribution in [1.29, 1.82) is 0 Å². The van der Waals surface area contributed by atoms with E-state index in [-0.39, 0.29) is 21.8 Å². The highest BCUT2D eigenvalue weighted by Gasteiger charge is 2.14. The maximum Gasteiger partial charge on any atom is 0.256 e. The van der Waals surface area contributed by atoms with Crippen LogP contribution in [-0.4, -0.2) is 10.5 Å². The van der Waals surface area contributed by atoms with Crippen LogP contribution in [0.25, 0.3) is 0 Å². The van der Waals surface area contributed by atoms with Gasteiger partial charge in [0.1, 0.15) is 5.82 Å². The van der Waals surface area contributed by atoms with E-state index in [4.69, 9.17) is 11.6 Å². The summed E-state index contributed by atoms with van der Waals surface area (Å²) in [6, 6.07) is 3.98. The van der Waals surface area contributed by atoms with Crippen molar-refractivity contribution in [2.75, 3.05) is 5.32 Å². The predicted octanol–water partition coefficient (Wildman–Crippen LogP) is 2.57.